The quantitative estimate of drug-likeness (QED) is 0.140. The van der Waals surface area contributed by atoms with E-state index in [1.54, 1.807) is 18.3 Å². The number of aliphatic carboxylic acids is 1. The van der Waals surface area contributed by atoms with Crippen molar-refractivity contribution in [3.63, 3.8) is 0 Å². The summed E-state index contributed by atoms with van der Waals surface area (Å²) in [5, 5.41) is 26.3. The third kappa shape index (κ3) is 7.11. The minimum atomic E-state index is -0.782. The van der Waals surface area contributed by atoms with E-state index in [1.165, 1.54) is 27.7 Å². The van der Waals surface area contributed by atoms with E-state index in [4.69, 9.17) is 5.11 Å². The average molecular weight is 602 g/mol. The predicted octanol–water partition coefficient (Wildman–Crippen LogP) is 5.25. The summed E-state index contributed by atoms with van der Waals surface area (Å²) in [6.07, 6.45) is 4.96. The van der Waals surface area contributed by atoms with Gasteiger partial charge in [-0.3, -0.25) is 19.8 Å². The first-order valence-electron chi connectivity index (χ1n) is 13.3. The minimum Gasteiger partial charge on any atom is -0.481 e. The van der Waals surface area contributed by atoms with Gasteiger partial charge in [0.25, 0.3) is 5.91 Å². The van der Waals surface area contributed by atoms with Gasteiger partial charge in [0.05, 0.1) is 5.69 Å². The molecule has 42 heavy (non-hydrogen) atoms. The number of carboxylic acids is 1. The molecule has 13 heteroatoms. The largest absolute Gasteiger partial charge is 0.481 e. The number of nitrogens with one attached hydrogen (secondary N) is 2. The highest BCUT2D eigenvalue weighted by atomic mass is 32.1. The van der Waals surface area contributed by atoms with Crippen molar-refractivity contribution in [1.82, 2.24) is 15.3 Å². The number of hydrogen-bond donors (Lipinski definition) is 3. The van der Waals surface area contributed by atoms with Crippen LogP contribution in [0, 0.1) is 0 Å². The van der Waals surface area contributed by atoms with Gasteiger partial charge >= 0.3 is 11.9 Å². The van der Waals surface area contributed by atoms with Crippen molar-refractivity contribution >= 4 is 62.1 Å². The summed E-state index contributed by atoms with van der Waals surface area (Å²) in [6.45, 7) is 0.531. The Bertz CT molecular complexity index is 1600. The number of unbranched alkanes of at least 4 members (excludes halogenated alkanes) is 3. The summed E-state index contributed by atoms with van der Waals surface area (Å²) in [6, 6.07) is 16.4. The standard InChI is InChI=1S/C29H27N7O4S2/c37-23(38)10-6-1-2-7-15-30-26(39)21-13-11-19(12-14-21)22-18-42-29(32-22)36-27(40)25(33-34-28-31-16-17-41-28)24(35-36)20-8-4-3-5-9-20/h3-5,8-9,11-14,16-18H,1-2,6-7,10,15H2,(H,30,39)(H,31,34)(H,37,38)/b33-25+. The zero-order valence-corrected chi connectivity index (χ0v) is 24.0. The van der Waals surface area contributed by atoms with Crippen LogP contribution in [0.1, 0.15) is 48.0 Å². The monoisotopic (exact) mass is 601 g/mol. The predicted molar refractivity (Wildman–Crippen MR) is 164 cm³/mol. The minimum absolute atomic E-state index is 0.156. The Morgan fingerprint density at radius 3 is 2.48 bits per heavy atom. The van der Waals surface area contributed by atoms with E-state index in [0.29, 0.717) is 40.2 Å². The number of carboxylic acid groups (broad SMARTS) is 1. The number of carbonyl (C=O) groups is 3. The molecule has 2 aromatic heterocycles. The van der Waals surface area contributed by atoms with E-state index in [2.05, 4.69) is 30.9 Å². The molecule has 5 rings (SSSR count). The number of aromatic nitrogens is 2. The van der Waals surface area contributed by atoms with E-state index in [9.17, 15) is 14.4 Å². The van der Waals surface area contributed by atoms with Gasteiger partial charge in [-0.1, -0.05) is 55.3 Å². The Morgan fingerprint density at radius 1 is 0.952 bits per heavy atom. The molecule has 0 saturated heterocycles. The Labute approximate surface area is 249 Å². The topological polar surface area (TPSA) is 149 Å². The van der Waals surface area contributed by atoms with Crippen molar-refractivity contribution in [3.8, 4) is 11.3 Å². The van der Waals surface area contributed by atoms with Crippen LogP contribution in [0.5, 0.6) is 0 Å². The van der Waals surface area contributed by atoms with E-state index >= 15 is 0 Å². The molecule has 214 valence electrons. The summed E-state index contributed by atoms with van der Waals surface area (Å²) in [5.74, 6) is -1.36. The first-order valence-corrected chi connectivity index (χ1v) is 15.0. The first-order chi connectivity index (χ1) is 20.5. The van der Waals surface area contributed by atoms with Crippen molar-refractivity contribution in [2.24, 2.45) is 10.2 Å². The molecule has 1 aliphatic heterocycles. The van der Waals surface area contributed by atoms with Crippen molar-refractivity contribution in [3.05, 3.63) is 82.7 Å². The van der Waals surface area contributed by atoms with Crippen LogP contribution in [0.15, 0.2) is 81.8 Å². The fraction of sp³-hybridized carbons (Fsp3) is 0.207. The lowest BCUT2D eigenvalue weighted by Crippen LogP contribution is -2.28. The molecule has 0 radical (unpaired) electrons. The molecule has 3 N–H and O–H groups in total. The summed E-state index contributed by atoms with van der Waals surface area (Å²) in [5.41, 5.74) is 6.15. The number of anilines is 2. The van der Waals surface area contributed by atoms with Gasteiger partial charge in [-0.25, -0.2) is 9.97 Å². The Morgan fingerprint density at radius 2 is 1.74 bits per heavy atom. The van der Waals surface area contributed by atoms with Crippen molar-refractivity contribution < 1.29 is 19.5 Å². The lowest BCUT2D eigenvalue weighted by atomic mass is 10.1. The summed E-state index contributed by atoms with van der Waals surface area (Å²) in [4.78, 5) is 45.3. The molecule has 4 aromatic rings. The Hall–Kier alpha value is -4.75. The van der Waals surface area contributed by atoms with Crippen LogP contribution >= 0.6 is 22.7 Å². The smallest absolute Gasteiger partial charge is 0.303 e. The van der Waals surface area contributed by atoms with Gasteiger partial charge in [-0.15, -0.1) is 22.7 Å². The third-order valence-electron chi connectivity index (χ3n) is 6.28. The second-order valence-corrected chi connectivity index (χ2v) is 11.0. The number of benzene rings is 2. The van der Waals surface area contributed by atoms with Gasteiger partial charge in [-0.2, -0.15) is 15.2 Å². The van der Waals surface area contributed by atoms with E-state index < -0.39 is 11.9 Å². The lowest BCUT2D eigenvalue weighted by molar-refractivity contribution is -0.137. The highest BCUT2D eigenvalue weighted by molar-refractivity contribution is 7.14. The maximum atomic E-state index is 13.4. The summed E-state index contributed by atoms with van der Waals surface area (Å²) < 4.78 is 0. The molecule has 2 amide bonds. The van der Waals surface area contributed by atoms with Gasteiger partial charge in [0.15, 0.2) is 5.71 Å². The molecule has 0 bridgehead atoms. The van der Waals surface area contributed by atoms with Crippen molar-refractivity contribution in [2.75, 3.05) is 17.0 Å². The zero-order valence-electron chi connectivity index (χ0n) is 22.4. The zero-order chi connectivity index (χ0) is 29.3. The molecule has 0 atom stereocenters. The second kappa shape index (κ2) is 13.7. The molecule has 0 aliphatic carbocycles. The number of thiazole rings is 2. The van der Waals surface area contributed by atoms with Crippen molar-refractivity contribution in [2.45, 2.75) is 32.1 Å². The molecule has 11 nitrogen and oxygen atoms in total. The number of hydrogen-bond acceptors (Lipinski definition) is 10. The summed E-state index contributed by atoms with van der Waals surface area (Å²) >= 11 is 2.65. The van der Waals surface area contributed by atoms with Crippen LogP contribution in [0.3, 0.4) is 0 Å². The summed E-state index contributed by atoms with van der Waals surface area (Å²) in [7, 11) is 0. The molecule has 2 aromatic carbocycles. The van der Waals surface area contributed by atoms with Crippen LogP contribution in [0.25, 0.3) is 11.3 Å². The van der Waals surface area contributed by atoms with Crippen LogP contribution < -0.4 is 15.8 Å². The maximum Gasteiger partial charge on any atom is 0.303 e. The molecule has 1 aliphatic rings. The molecule has 0 unspecified atom stereocenters. The van der Waals surface area contributed by atoms with Crippen LogP contribution in [-0.4, -0.2) is 50.8 Å². The van der Waals surface area contributed by atoms with Crippen molar-refractivity contribution in [1.29, 1.82) is 0 Å². The average Bonchev–Trinajstić information content (AvgIpc) is 3.77. The number of amides is 2. The number of hydrazone groups is 2. The molecular weight excluding hydrogens is 574 g/mol. The van der Waals surface area contributed by atoms with Crippen LogP contribution in [-0.2, 0) is 9.59 Å². The Kier molecular flexibility index (Phi) is 9.41. The van der Waals surface area contributed by atoms with E-state index in [0.717, 1.165) is 30.4 Å². The normalized spacial score (nSPS) is 13.8. The lowest BCUT2D eigenvalue weighted by Gasteiger charge is -2.07. The van der Waals surface area contributed by atoms with E-state index in [-0.39, 0.29) is 18.0 Å². The van der Waals surface area contributed by atoms with E-state index in [1.807, 2.05) is 53.2 Å². The first kappa shape index (κ1) is 28.8. The highest BCUT2D eigenvalue weighted by Gasteiger charge is 2.35. The highest BCUT2D eigenvalue weighted by Crippen LogP contribution is 2.30. The molecule has 3 heterocycles. The second-order valence-electron chi connectivity index (χ2n) is 9.25. The number of carbonyl (C=O) groups excluding carboxylic acids is 2. The SMILES string of the molecule is O=C(O)CCCCCCNC(=O)c1ccc(-c2csc(N3N=C(c4ccccc4)/C(=N\Nc4nccs4)C3=O)n2)cc1. The number of nitrogens with zero attached hydrogens (tertiary/aromatic N) is 5. The molecule has 0 fully saturated rings. The van der Waals surface area contributed by atoms with Crippen LogP contribution in [0.4, 0.5) is 10.3 Å². The Balaban J connectivity index is 1.24. The van der Waals surface area contributed by atoms with Gasteiger partial charge in [0, 0.05) is 46.6 Å². The number of rotatable bonds is 13. The molecular formula is C29H27N7O4S2. The fourth-order valence-electron chi connectivity index (χ4n) is 4.14. The molecule has 0 spiro atoms. The molecule has 0 saturated carbocycles. The third-order valence-corrected chi connectivity index (χ3v) is 7.78. The van der Waals surface area contributed by atoms with Crippen LogP contribution in [0.2, 0.25) is 0 Å². The van der Waals surface area contributed by atoms with Gasteiger partial charge in [0.2, 0.25) is 10.3 Å². The fourth-order valence-corrected chi connectivity index (χ4v) is 5.39. The van der Waals surface area contributed by atoms with Gasteiger partial charge in [0.1, 0.15) is 5.71 Å². The maximum absolute atomic E-state index is 13.4. The van der Waals surface area contributed by atoms with Gasteiger partial charge < -0.3 is 10.4 Å². The van der Waals surface area contributed by atoms with Gasteiger partial charge in [-0.05, 0) is 25.0 Å².